The lowest BCUT2D eigenvalue weighted by atomic mass is 9.94. The third kappa shape index (κ3) is 5.36. The second-order valence-corrected chi connectivity index (χ2v) is 5.14. The van der Waals surface area contributed by atoms with Crippen LogP contribution >= 0.6 is 0 Å². The first-order valence-electron chi connectivity index (χ1n) is 7.48. The molecule has 17 heavy (non-hydrogen) atoms. The summed E-state index contributed by atoms with van der Waals surface area (Å²) in [5.41, 5.74) is 5.75. The smallest absolute Gasteiger partial charge is 0.0113 e. The molecule has 0 aromatic carbocycles. The predicted octanol–water partition coefficient (Wildman–Crippen LogP) is 1.92. The van der Waals surface area contributed by atoms with E-state index in [0.29, 0.717) is 0 Å². The fourth-order valence-corrected chi connectivity index (χ4v) is 2.90. The van der Waals surface area contributed by atoms with Gasteiger partial charge in [-0.1, -0.05) is 33.1 Å². The Morgan fingerprint density at radius 3 is 2.12 bits per heavy atom. The Kier molecular flexibility index (Phi) is 7.82. The molecule has 2 N–H and O–H groups in total. The molecule has 0 atom stereocenters. The van der Waals surface area contributed by atoms with Crippen molar-refractivity contribution in [1.82, 2.24) is 9.80 Å². The summed E-state index contributed by atoms with van der Waals surface area (Å²) >= 11 is 0. The van der Waals surface area contributed by atoms with Crippen molar-refractivity contribution in [3.8, 4) is 0 Å². The van der Waals surface area contributed by atoms with Crippen molar-refractivity contribution in [1.29, 1.82) is 0 Å². The first kappa shape index (κ1) is 14.9. The van der Waals surface area contributed by atoms with Crippen LogP contribution in [-0.2, 0) is 0 Å². The van der Waals surface area contributed by atoms with Crippen molar-refractivity contribution in [2.24, 2.45) is 5.73 Å². The van der Waals surface area contributed by atoms with Crippen LogP contribution in [0.15, 0.2) is 0 Å². The van der Waals surface area contributed by atoms with Gasteiger partial charge in [0.1, 0.15) is 0 Å². The van der Waals surface area contributed by atoms with E-state index in [2.05, 4.69) is 23.6 Å². The van der Waals surface area contributed by atoms with Crippen molar-refractivity contribution in [2.45, 2.75) is 52.0 Å². The Morgan fingerprint density at radius 1 is 0.941 bits per heavy atom. The SMILES string of the molecule is CCN(CC)CCN(CCN)C1CCCCC1. The molecule has 0 heterocycles. The summed E-state index contributed by atoms with van der Waals surface area (Å²) in [4.78, 5) is 5.14. The van der Waals surface area contributed by atoms with Crippen LogP contribution in [-0.4, -0.2) is 55.1 Å². The van der Waals surface area contributed by atoms with E-state index in [1.54, 1.807) is 0 Å². The average molecular weight is 241 g/mol. The highest BCUT2D eigenvalue weighted by Gasteiger charge is 2.20. The number of hydrogen-bond donors (Lipinski definition) is 1. The molecule has 0 aromatic rings. The number of hydrogen-bond acceptors (Lipinski definition) is 3. The number of likely N-dealkylation sites (N-methyl/N-ethyl adjacent to an activating group) is 1. The molecule has 0 saturated heterocycles. The zero-order valence-corrected chi connectivity index (χ0v) is 11.8. The predicted molar refractivity (Wildman–Crippen MR) is 75.3 cm³/mol. The molecule has 0 spiro atoms. The van der Waals surface area contributed by atoms with Crippen LogP contribution in [0.25, 0.3) is 0 Å². The van der Waals surface area contributed by atoms with Crippen molar-refractivity contribution >= 4 is 0 Å². The summed E-state index contributed by atoms with van der Waals surface area (Å²) in [5, 5.41) is 0. The maximum Gasteiger partial charge on any atom is 0.0113 e. The fourth-order valence-electron chi connectivity index (χ4n) is 2.90. The number of nitrogens with two attached hydrogens (primary N) is 1. The quantitative estimate of drug-likeness (QED) is 0.705. The van der Waals surface area contributed by atoms with Gasteiger partial charge >= 0.3 is 0 Å². The highest BCUT2D eigenvalue weighted by molar-refractivity contribution is 4.76. The lowest BCUT2D eigenvalue weighted by Gasteiger charge is -2.35. The van der Waals surface area contributed by atoms with E-state index in [1.807, 2.05) is 0 Å². The van der Waals surface area contributed by atoms with Gasteiger partial charge in [0.05, 0.1) is 0 Å². The van der Waals surface area contributed by atoms with Crippen LogP contribution < -0.4 is 5.73 Å². The third-order valence-electron chi connectivity index (χ3n) is 4.11. The monoisotopic (exact) mass is 241 g/mol. The van der Waals surface area contributed by atoms with Gasteiger partial charge in [0.25, 0.3) is 0 Å². The molecule has 0 radical (unpaired) electrons. The molecule has 102 valence electrons. The van der Waals surface area contributed by atoms with E-state index in [0.717, 1.165) is 32.2 Å². The molecule has 1 saturated carbocycles. The standard InChI is InChI=1S/C14H31N3/c1-3-16(4-2)12-13-17(11-10-15)14-8-6-5-7-9-14/h14H,3-13,15H2,1-2H3. The molecule has 1 aliphatic carbocycles. The minimum Gasteiger partial charge on any atom is -0.329 e. The third-order valence-corrected chi connectivity index (χ3v) is 4.11. The molecule has 0 aromatic heterocycles. The van der Waals surface area contributed by atoms with Gasteiger partial charge in [-0.3, -0.25) is 4.90 Å². The molecule has 3 nitrogen and oxygen atoms in total. The highest BCUT2D eigenvalue weighted by Crippen LogP contribution is 2.22. The lowest BCUT2D eigenvalue weighted by Crippen LogP contribution is -2.44. The summed E-state index contributed by atoms with van der Waals surface area (Å²) in [5.74, 6) is 0. The Morgan fingerprint density at radius 2 is 1.59 bits per heavy atom. The normalized spacial score (nSPS) is 18.2. The summed E-state index contributed by atoms with van der Waals surface area (Å²) in [7, 11) is 0. The summed E-state index contributed by atoms with van der Waals surface area (Å²) in [6, 6.07) is 0.808. The molecular formula is C14H31N3. The van der Waals surface area contributed by atoms with E-state index in [-0.39, 0.29) is 0 Å². The van der Waals surface area contributed by atoms with E-state index in [9.17, 15) is 0 Å². The van der Waals surface area contributed by atoms with Crippen molar-refractivity contribution in [3.05, 3.63) is 0 Å². The molecule has 1 rings (SSSR count). The molecule has 0 aliphatic heterocycles. The van der Waals surface area contributed by atoms with Gasteiger partial charge in [-0.15, -0.1) is 0 Å². The van der Waals surface area contributed by atoms with Crippen molar-refractivity contribution < 1.29 is 0 Å². The molecule has 1 aliphatic rings. The Labute approximate surface area is 107 Å². The Balaban J connectivity index is 2.35. The van der Waals surface area contributed by atoms with Gasteiger partial charge < -0.3 is 10.6 Å². The number of nitrogens with zero attached hydrogens (tertiary/aromatic N) is 2. The summed E-state index contributed by atoms with van der Waals surface area (Å²) in [6.45, 7) is 11.1. The lowest BCUT2D eigenvalue weighted by molar-refractivity contribution is 0.139. The molecule has 0 bridgehead atoms. The first-order chi connectivity index (χ1) is 8.31. The van der Waals surface area contributed by atoms with Gasteiger partial charge in [0, 0.05) is 32.2 Å². The van der Waals surface area contributed by atoms with Gasteiger partial charge in [-0.2, -0.15) is 0 Å². The summed E-state index contributed by atoms with van der Waals surface area (Å²) in [6.07, 6.45) is 7.04. The van der Waals surface area contributed by atoms with Crippen molar-refractivity contribution in [2.75, 3.05) is 39.3 Å². The minimum atomic E-state index is 0.800. The Bertz CT molecular complexity index is 174. The largest absolute Gasteiger partial charge is 0.329 e. The van der Waals surface area contributed by atoms with Crippen LogP contribution in [0.3, 0.4) is 0 Å². The zero-order chi connectivity index (χ0) is 12.5. The Hall–Kier alpha value is -0.120. The van der Waals surface area contributed by atoms with E-state index in [1.165, 1.54) is 45.2 Å². The molecule has 0 amide bonds. The zero-order valence-electron chi connectivity index (χ0n) is 11.8. The minimum absolute atomic E-state index is 0.800. The maximum absolute atomic E-state index is 5.75. The van der Waals surface area contributed by atoms with Gasteiger partial charge in [-0.25, -0.2) is 0 Å². The maximum atomic E-state index is 5.75. The fraction of sp³-hybridized carbons (Fsp3) is 1.00. The molecule has 1 fully saturated rings. The molecule has 3 heteroatoms. The van der Waals surface area contributed by atoms with Crippen LogP contribution in [0.4, 0.5) is 0 Å². The topological polar surface area (TPSA) is 32.5 Å². The van der Waals surface area contributed by atoms with Crippen molar-refractivity contribution in [3.63, 3.8) is 0 Å². The molecule has 0 unspecified atom stereocenters. The van der Waals surface area contributed by atoms with E-state index >= 15 is 0 Å². The van der Waals surface area contributed by atoms with Crippen LogP contribution in [0.2, 0.25) is 0 Å². The van der Waals surface area contributed by atoms with Gasteiger partial charge in [0.2, 0.25) is 0 Å². The first-order valence-corrected chi connectivity index (χ1v) is 7.48. The number of rotatable bonds is 8. The van der Waals surface area contributed by atoms with Crippen LogP contribution in [0.5, 0.6) is 0 Å². The van der Waals surface area contributed by atoms with E-state index in [4.69, 9.17) is 5.73 Å². The van der Waals surface area contributed by atoms with Crippen LogP contribution in [0.1, 0.15) is 46.0 Å². The summed E-state index contributed by atoms with van der Waals surface area (Å²) < 4.78 is 0. The second-order valence-electron chi connectivity index (χ2n) is 5.14. The van der Waals surface area contributed by atoms with Crippen LogP contribution in [0, 0.1) is 0 Å². The van der Waals surface area contributed by atoms with Gasteiger partial charge in [-0.05, 0) is 25.9 Å². The van der Waals surface area contributed by atoms with Gasteiger partial charge in [0.15, 0.2) is 0 Å². The average Bonchev–Trinajstić information content (AvgIpc) is 2.39. The second kappa shape index (κ2) is 8.90. The highest BCUT2D eigenvalue weighted by atomic mass is 15.2. The molecular weight excluding hydrogens is 210 g/mol. The van der Waals surface area contributed by atoms with E-state index < -0.39 is 0 Å².